The number of carbonyl (C=O) groups excluding carboxylic acids is 2. The Morgan fingerprint density at radius 2 is 2.14 bits per heavy atom. The van der Waals surface area contributed by atoms with Crippen molar-refractivity contribution in [3.8, 4) is 0 Å². The zero-order valence-electron chi connectivity index (χ0n) is 16.4. The molecule has 1 aromatic heterocycles. The third kappa shape index (κ3) is 4.47. The van der Waals surface area contributed by atoms with Crippen molar-refractivity contribution < 1.29 is 14.1 Å². The van der Waals surface area contributed by atoms with Crippen molar-refractivity contribution in [2.75, 3.05) is 6.54 Å². The van der Waals surface area contributed by atoms with Crippen LogP contribution in [0.25, 0.3) is 0 Å². The highest BCUT2D eigenvalue weighted by Crippen LogP contribution is 2.21. The van der Waals surface area contributed by atoms with Gasteiger partial charge < -0.3 is 20.2 Å². The molecular weight excluding hydrogens is 370 g/mol. The van der Waals surface area contributed by atoms with Crippen LogP contribution in [0, 0.1) is 6.92 Å². The Morgan fingerprint density at radius 1 is 1.31 bits per heavy atom. The SMILES string of the molecule is Cc1cc(CC(=O)N2CCC[C@H]2C(=O)NCc2ccc(C3CC=NN3)cc2)on1. The molecule has 2 aliphatic rings. The molecule has 1 aromatic carbocycles. The van der Waals surface area contributed by atoms with Crippen molar-refractivity contribution >= 4 is 18.0 Å². The molecule has 2 N–H and O–H groups in total. The first-order valence-electron chi connectivity index (χ1n) is 9.95. The molecule has 2 atom stereocenters. The molecule has 2 aliphatic heterocycles. The predicted octanol–water partition coefficient (Wildman–Crippen LogP) is 1.85. The number of likely N-dealkylation sites (tertiary alicyclic amines) is 1. The molecule has 1 fully saturated rings. The van der Waals surface area contributed by atoms with Crippen LogP contribution in [0.15, 0.2) is 40.0 Å². The number of benzene rings is 1. The maximum atomic E-state index is 12.7. The fraction of sp³-hybridized carbons (Fsp3) is 0.429. The minimum absolute atomic E-state index is 0.102. The van der Waals surface area contributed by atoms with Gasteiger partial charge in [-0.15, -0.1) is 0 Å². The number of aryl methyl sites for hydroxylation is 1. The first kappa shape index (κ1) is 19.2. The van der Waals surface area contributed by atoms with Crippen LogP contribution in [0.1, 0.15) is 47.9 Å². The average Bonchev–Trinajstić information content (AvgIpc) is 3.48. The predicted molar refractivity (Wildman–Crippen MR) is 107 cm³/mol. The quantitative estimate of drug-likeness (QED) is 0.778. The lowest BCUT2D eigenvalue weighted by molar-refractivity contribution is -0.138. The summed E-state index contributed by atoms with van der Waals surface area (Å²) in [7, 11) is 0. The Bertz CT molecular complexity index is 897. The molecule has 1 saturated heterocycles. The van der Waals surface area contributed by atoms with Gasteiger partial charge in [0.2, 0.25) is 11.8 Å². The lowest BCUT2D eigenvalue weighted by atomic mass is 10.0. The van der Waals surface area contributed by atoms with Gasteiger partial charge in [-0.25, -0.2) is 0 Å². The fourth-order valence-corrected chi connectivity index (χ4v) is 3.83. The van der Waals surface area contributed by atoms with Crippen molar-refractivity contribution in [1.82, 2.24) is 20.8 Å². The molecule has 2 aromatic rings. The number of amides is 2. The summed E-state index contributed by atoms with van der Waals surface area (Å²) in [6, 6.07) is 9.69. The van der Waals surface area contributed by atoms with Gasteiger partial charge in [0.05, 0.1) is 18.2 Å². The van der Waals surface area contributed by atoms with Gasteiger partial charge in [0.1, 0.15) is 11.8 Å². The third-order valence-electron chi connectivity index (χ3n) is 5.39. The molecule has 0 radical (unpaired) electrons. The Morgan fingerprint density at radius 3 is 2.83 bits per heavy atom. The zero-order chi connectivity index (χ0) is 20.2. The summed E-state index contributed by atoms with van der Waals surface area (Å²) in [6.07, 6.45) is 4.39. The normalized spacial score (nSPS) is 20.7. The van der Waals surface area contributed by atoms with E-state index in [2.05, 4.69) is 33.1 Å². The summed E-state index contributed by atoms with van der Waals surface area (Å²) in [5, 5.41) is 10.8. The van der Waals surface area contributed by atoms with Crippen molar-refractivity contribution in [2.24, 2.45) is 5.10 Å². The van der Waals surface area contributed by atoms with Crippen LogP contribution in [0.2, 0.25) is 0 Å². The number of hydrogen-bond acceptors (Lipinski definition) is 6. The van der Waals surface area contributed by atoms with Crippen molar-refractivity contribution in [1.29, 1.82) is 0 Å². The molecule has 0 bridgehead atoms. The van der Waals surface area contributed by atoms with Gasteiger partial charge in [-0.05, 0) is 30.9 Å². The van der Waals surface area contributed by atoms with Gasteiger partial charge in [0, 0.05) is 31.8 Å². The number of carbonyl (C=O) groups is 2. The van der Waals surface area contributed by atoms with E-state index in [1.165, 1.54) is 5.56 Å². The van der Waals surface area contributed by atoms with Gasteiger partial charge in [0.25, 0.3) is 0 Å². The first-order chi connectivity index (χ1) is 14.1. The molecule has 8 nitrogen and oxygen atoms in total. The van der Waals surface area contributed by atoms with E-state index >= 15 is 0 Å². The van der Waals surface area contributed by atoms with Crippen LogP contribution >= 0.6 is 0 Å². The van der Waals surface area contributed by atoms with Crippen LogP contribution < -0.4 is 10.7 Å². The molecule has 29 heavy (non-hydrogen) atoms. The van der Waals surface area contributed by atoms with Crippen molar-refractivity contribution in [3.63, 3.8) is 0 Å². The van der Waals surface area contributed by atoms with E-state index in [9.17, 15) is 9.59 Å². The number of rotatable bonds is 6. The molecule has 8 heteroatoms. The van der Waals surface area contributed by atoms with Crippen LogP contribution in [0.5, 0.6) is 0 Å². The van der Waals surface area contributed by atoms with Gasteiger partial charge >= 0.3 is 0 Å². The second-order valence-electron chi connectivity index (χ2n) is 7.54. The van der Waals surface area contributed by atoms with Gasteiger partial charge in [-0.2, -0.15) is 5.10 Å². The Labute approximate surface area is 169 Å². The minimum atomic E-state index is -0.425. The summed E-state index contributed by atoms with van der Waals surface area (Å²) in [5.41, 5.74) is 6.00. The molecule has 2 amide bonds. The van der Waals surface area contributed by atoms with Crippen LogP contribution in [-0.2, 0) is 22.6 Å². The van der Waals surface area contributed by atoms with E-state index in [4.69, 9.17) is 4.52 Å². The van der Waals surface area contributed by atoms with Crippen LogP contribution in [0.3, 0.4) is 0 Å². The second kappa shape index (κ2) is 8.46. The summed E-state index contributed by atoms with van der Waals surface area (Å²) in [5.74, 6) is 0.315. The van der Waals surface area contributed by atoms with E-state index in [0.29, 0.717) is 25.3 Å². The summed E-state index contributed by atoms with van der Waals surface area (Å²) < 4.78 is 5.13. The molecule has 1 unspecified atom stereocenters. The summed E-state index contributed by atoms with van der Waals surface area (Å²) in [6.45, 7) is 2.84. The standard InChI is InChI=1S/C21H25N5O3/c1-14-11-17(29-25-14)12-20(27)26-10-2-3-19(26)21(28)22-13-15-4-6-16(7-5-15)18-8-9-23-24-18/h4-7,9,11,18-19,24H,2-3,8,10,12-13H2,1H3,(H,22,28)/t18?,19-/m0/s1. The second-order valence-corrected chi connectivity index (χ2v) is 7.54. The van der Waals surface area contributed by atoms with Gasteiger partial charge in [-0.3, -0.25) is 9.59 Å². The summed E-state index contributed by atoms with van der Waals surface area (Å²) in [4.78, 5) is 27.0. The molecule has 3 heterocycles. The highest BCUT2D eigenvalue weighted by molar-refractivity contribution is 5.88. The number of hydrazone groups is 1. The highest BCUT2D eigenvalue weighted by atomic mass is 16.5. The minimum Gasteiger partial charge on any atom is -0.361 e. The van der Waals surface area contributed by atoms with E-state index in [1.807, 2.05) is 25.3 Å². The third-order valence-corrected chi connectivity index (χ3v) is 5.39. The Kier molecular flexibility index (Phi) is 5.59. The fourth-order valence-electron chi connectivity index (χ4n) is 3.83. The van der Waals surface area contributed by atoms with E-state index < -0.39 is 6.04 Å². The van der Waals surface area contributed by atoms with Crippen LogP contribution in [0.4, 0.5) is 0 Å². The van der Waals surface area contributed by atoms with Crippen LogP contribution in [-0.4, -0.2) is 40.7 Å². The van der Waals surface area contributed by atoms with Crippen molar-refractivity contribution in [2.45, 2.75) is 51.2 Å². The van der Waals surface area contributed by atoms with E-state index in [-0.39, 0.29) is 24.3 Å². The summed E-state index contributed by atoms with van der Waals surface area (Å²) >= 11 is 0. The molecular formula is C21H25N5O3. The maximum Gasteiger partial charge on any atom is 0.243 e. The molecule has 0 spiro atoms. The largest absolute Gasteiger partial charge is 0.361 e. The number of hydrogen-bond donors (Lipinski definition) is 2. The lowest BCUT2D eigenvalue weighted by Gasteiger charge is -2.23. The van der Waals surface area contributed by atoms with Gasteiger partial charge in [0.15, 0.2) is 0 Å². The Hall–Kier alpha value is -3.16. The van der Waals surface area contributed by atoms with E-state index in [1.54, 1.807) is 11.0 Å². The monoisotopic (exact) mass is 395 g/mol. The molecule has 0 saturated carbocycles. The number of aromatic nitrogens is 1. The molecule has 0 aliphatic carbocycles. The number of nitrogens with one attached hydrogen (secondary N) is 2. The average molecular weight is 395 g/mol. The number of nitrogens with zero attached hydrogens (tertiary/aromatic N) is 3. The van der Waals surface area contributed by atoms with Crippen molar-refractivity contribution in [3.05, 3.63) is 52.9 Å². The smallest absolute Gasteiger partial charge is 0.243 e. The Balaban J connectivity index is 1.30. The maximum absolute atomic E-state index is 12.7. The molecule has 152 valence electrons. The van der Waals surface area contributed by atoms with Gasteiger partial charge in [-0.1, -0.05) is 29.4 Å². The first-order valence-corrected chi connectivity index (χ1v) is 9.95. The molecule has 4 rings (SSSR count). The zero-order valence-corrected chi connectivity index (χ0v) is 16.4. The highest BCUT2D eigenvalue weighted by Gasteiger charge is 2.34. The lowest BCUT2D eigenvalue weighted by Crippen LogP contribution is -2.46. The van der Waals surface area contributed by atoms with E-state index in [0.717, 1.165) is 24.1 Å². The topological polar surface area (TPSA) is 99.8 Å².